The molecule has 2 heterocycles. The maximum Gasteiger partial charge on any atom is 0.0651 e. The van der Waals surface area contributed by atoms with Crippen LogP contribution in [0.15, 0.2) is 48.8 Å². The molecule has 0 fully saturated rings. The van der Waals surface area contributed by atoms with Gasteiger partial charge in [0.15, 0.2) is 0 Å². The van der Waals surface area contributed by atoms with Crippen molar-refractivity contribution in [1.82, 2.24) is 9.55 Å². The number of fused-ring (bicyclic) bond motifs is 1. The Morgan fingerprint density at radius 2 is 2.10 bits per heavy atom. The lowest BCUT2D eigenvalue weighted by atomic mass is 10.1. The second-order valence-corrected chi connectivity index (χ2v) is 5.79. The molecule has 2 N–H and O–H groups in total. The van der Waals surface area contributed by atoms with Crippen molar-refractivity contribution in [2.75, 3.05) is 0 Å². The van der Waals surface area contributed by atoms with Crippen LogP contribution in [0.5, 0.6) is 0 Å². The molecule has 0 spiro atoms. The molecular weight excluding hydrogens is 258 g/mol. The van der Waals surface area contributed by atoms with Crippen molar-refractivity contribution >= 4 is 10.9 Å². The van der Waals surface area contributed by atoms with Crippen LogP contribution in [0.25, 0.3) is 10.9 Å². The number of hydrogen-bond acceptors (Lipinski definition) is 2. The van der Waals surface area contributed by atoms with E-state index in [0.29, 0.717) is 0 Å². The standard InChI is InChI=1S/C18H21N3/c1-13-4-3-8-20-17(13)12-21-9-7-16-11-15(10-14(2)19)5-6-18(16)21/h3-9,11,14H,10,12,19H2,1-2H3. The van der Waals surface area contributed by atoms with Crippen LogP contribution < -0.4 is 5.73 Å². The highest BCUT2D eigenvalue weighted by atomic mass is 15.0. The Hall–Kier alpha value is -2.13. The van der Waals surface area contributed by atoms with Crippen molar-refractivity contribution in [3.05, 3.63) is 65.6 Å². The fourth-order valence-corrected chi connectivity index (χ4v) is 2.73. The molecule has 1 unspecified atom stereocenters. The van der Waals surface area contributed by atoms with Gasteiger partial charge in [-0.15, -0.1) is 0 Å². The normalized spacial score (nSPS) is 12.7. The lowest BCUT2D eigenvalue weighted by molar-refractivity contribution is 0.738. The first kappa shape index (κ1) is 13.8. The summed E-state index contributed by atoms with van der Waals surface area (Å²) in [5, 5.41) is 1.27. The molecule has 0 saturated carbocycles. The highest BCUT2D eigenvalue weighted by Crippen LogP contribution is 2.20. The van der Waals surface area contributed by atoms with Crippen LogP contribution in [-0.4, -0.2) is 15.6 Å². The second kappa shape index (κ2) is 5.70. The largest absolute Gasteiger partial charge is 0.341 e. The summed E-state index contributed by atoms with van der Waals surface area (Å²) < 4.78 is 2.25. The summed E-state index contributed by atoms with van der Waals surface area (Å²) in [4.78, 5) is 4.48. The summed E-state index contributed by atoms with van der Waals surface area (Å²) in [6.45, 7) is 4.96. The highest BCUT2D eigenvalue weighted by Gasteiger charge is 2.06. The maximum absolute atomic E-state index is 5.88. The molecule has 1 aromatic carbocycles. The molecule has 0 aliphatic rings. The van der Waals surface area contributed by atoms with E-state index in [1.165, 1.54) is 22.0 Å². The van der Waals surface area contributed by atoms with Crippen LogP contribution >= 0.6 is 0 Å². The molecule has 0 radical (unpaired) electrons. The van der Waals surface area contributed by atoms with Crippen molar-refractivity contribution in [2.24, 2.45) is 5.73 Å². The molecule has 3 heteroatoms. The number of nitrogens with zero attached hydrogens (tertiary/aromatic N) is 2. The molecule has 3 rings (SSSR count). The van der Waals surface area contributed by atoms with Gasteiger partial charge in [0.1, 0.15) is 0 Å². The molecule has 0 aliphatic carbocycles. The molecule has 3 nitrogen and oxygen atoms in total. The Morgan fingerprint density at radius 1 is 1.24 bits per heavy atom. The number of nitrogens with two attached hydrogens (primary N) is 1. The number of rotatable bonds is 4. The number of pyridine rings is 1. The summed E-state index contributed by atoms with van der Waals surface area (Å²) in [6, 6.07) is 13.0. The zero-order chi connectivity index (χ0) is 14.8. The van der Waals surface area contributed by atoms with Gasteiger partial charge in [-0.1, -0.05) is 12.1 Å². The predicted molar refractivity (Wildman–Crippen MR) is 87.4 cm³/mol. The van der Waals surface area contributed by atoms with Crippen LogP contribution in [0.1, 0.15) is 23.7 Å². The number of aryl methyl sites for hydroxylation is 1. The minimum atomic E-state index is 0.195. The van der Waals surface area contributed by atoms with E-state index < -0.39 is 0 Å². The lowest BCUT2D eigenvalue weighted by Crippen LogP contribution is -2.17. The van der Waals surface area contributed by atoms with Crippen molar-refractivity contribution in [3.63, 3.8) is 0 Å². The van der Waals surface area contributed by atoms with Crippen LogP contribution in [0.4, 0.5) is 0 Å². The van der Waals surface area contributed by atoms with E-state index in [1.807, 2.05) is 19.2 Å². The predicted octanol–water partition coefficient (Wildman–Crippen LogP) is 3.28. The first-order valence-corrected chi connectivity index (χ1v) is 7.37. The zero-order valence-electron chi connectivity index (χ0n) is 12.6. The fourth-order valence-electron chi connectivity index (χ4n) is 2.73. The van der Waals surface area contributed by atoms with Crippen molar-refractivity contribution < 1.29 is 0 Å². The van der Waals surface area contributed by atoms with E-state index in [-0.39, 0.29) is 6.04 Å². The molecule has 0 saturated heterocycles. The van der Waals surface area contributed by atoms with Gasteiger partial charge in [-0.2, -0.15) is 0 Å². The molecule has 0 bridgehead atoms. The first-order chi connectivity index (χ1) is 10.1. The SMILES string of the molecule is Cc1cccnc1Cn1ccc2cc(CC(C)N)ccc21. The molecule has 0 aliphatic heterocycles. The molecule has 2 aromatic heterocycles. The minimum absolute atomic E-state index is 0.195. The average molecular weight is 279 g/mol. The molecule has 3 aromatic rings. The zero-order valence-corrected chi connectivity index (χ0v) is 12.6. The van der Waals surface area contributed by atoms with Gasteiger partial charge in [0.2, 0.25) is 0 Å². The average Bonchev–Trinajstić information content (AvgIpc) is 2.83. The third-order valence-electron chi connectivity index (χ3n) is 3.83. The van der Waals surface area contributed by atoms with Gasteiger partial charge in [0.05, 0.1) is 12.2 Å². The van der Waals surface area contributed by atoms with Crippen LogP contribution in [0.2, 0.25) is 0 Å². The van der Waals surface area contributed by atoms with E-state index in [2.05, 4.69) is 53.0 Å². The van der Waals surface area contributed by atoms with E-state index in [0.717, 1.165) is 18.7 Å². The summed E-state index contributed by atoms with van der Waals surface area (Å²) >= 11 is 0. The van der Waals surface area contributed by atoms with Gasteiger partial charge in [-0.3, -0.25) is 4.98 Å². The summed E-state index contributed by atoms with van der Waals surface area (Å²) in [5.74, 6) is 0. The Morgan fingerprint density at radius 3 is 2.86 bits per heavy atom. The Balaban J connectivity index is 1.92. The summed E-state index contributed by atoms with van der Waals surface area (Å²) in [6.07, 6.45) is 4.91. The van der Waals surface area contributed by atoms with Gasteiger partial charge < -0.3 is 10.3 Å². The molecule has 1 atom stereocenters. The maximum atomic E-state index is 5.88. The van der Waals surface area contributed by atoms with Crippen LogP contribution in [-0.2, 0) is 13.0 Å². The quantitative estimate of drug-likeness (QED) is 0.796. The van der Waals surface area contributed by atoms with Gasteiger partial charge >= 0.3 is 0 Å². The summed E-state index contributed by atoms with van der Waals surface area (Å²) in [7, 11) is 0. The van der Waals surface area contributed by atoms with E-state index >= 15 is 0 Å². The van der Waals surface area contributed by atoms with Crippen molar-refractivity contribution in [1.29, 1.82) is 0 Å². The third kappa shape index (κ3) is 2.98. The topological polar surface area (TPSA) is 43.8 Å². The van der Waals surface area contributed by atoms with Crippen molar-refractivity contribution in [2.45, 2.75) is 32.9 Å². The molecule has 21 heavy (non-hydrogen) atoms. The molecular formula is C18H21N3. The number of aromatic nitrogens is 2. The monoisotopic (exact) mass is 279 g/mol. The number of hydrogen-bond donors (Lipinski definition) is 1. The van der Waals surface area contributed by atoms with Gasteiger partial charge in [-0.25, -0.2) is 0 Å². The minimum Gasteiger partial charge on any atom is -0.341 e. The fraction of sp³-hybridized carbons (Fsp3) is 0.278. The lowest BCUT2D eigenvalue weighted by Gasteiger charge is -2.09. The Kier molecular flexibility index (Phi) is 3.76. The molecule has 108 valence electrons. The van der Waals surface area contributed by atoms with Gasteiger partial charge in [0.25, 0.3) is 0 Å². The summed E-state index contributed by atoms with van der Waals surface area (Å²) in [5.41, 5.74) is 10.8. The van der Waals surface area contributed by atoms with Gasteiger partial charge in [-0.05, 0) is 61.0 Å². The highest BCUT2D eigenvalue weighted by molar-refractivity contribution is 5.81. The van der Waals surface area contributed by atoms with Gasteiger partial charge in [0, 0.05) is 24.0 Å². The Bertz CT molecular complexity index is 756. The van der Waals surface area contributed by atoms with E-state index in [9.17, 15) is 0 Å². The van der Waals surface area contributed by atoms with E-state index in [4.69, 9.17) is 5.73 Å². The first-order valence-electron chi connectivity index (χ1n) is 7.37. The third-order valence-corrected chi connectivity index (χ3v) is 3.83. The number of benzene rings is 1. The van der Waals surface area contributed by atoms with Crippen LogP contribution in [0, 0.1) is 6.92 Å². The van der Waals surface area contributed by atoms with Crippen LogP contribution in [0.3, 0.4) is 0 Å². The van der Waals surface area contributed by atoms with Crippen molar-refractivity contribution in [3.8, 4) is 0 Å². The Labute approximate surface area is 125 Å². The second-order valence-electron chi connectivity index (χ2n) is 5.79. The van der Waals surface area contributed by atoms with E-state index in [1.54, 1.807) is 0 Å². The molecule has 0 amide bonds. The smallest absolute Gasteiger partial charge is 0.0651 e.